The van der Waals surface area contributed by atoms with E-state index in [9.17, 15) is 9.18 Å². The third kappa shape index (κ3) is 3.25. The molecule has 3 rings (SSSR count). The summed E-state index contributed by atoms with van der Waals surface area (Å²) in [6.45, 7) is 6.43. The number of anilines is 2. The van der Waals surface area contributed by atoms with Gasteiger partial charge in [-0.05, 0) is 31.5 Å². The third-order valence-electron chi connectivity index (χ3n) is 4.04. The zero-order valence-corrected chi connectivity index (χ0v) is 14.0. The van der Waals surface area contributed by atoms with Crippen LogP contribution in [0, 0.1) is 5.82 Å². The topological polar surface area (TPSA) is 71.3 Å². The van der Waals surface area contributed by atoms with Gasteiger partial charge in [-0.2, -0.15) is 4.98 Å². The molecule has 1 unspecified atom stereocenters. The number of carbonyl (C=O) groups is 1. The van der Waals surface area contributed by atoms with Gasteiger partial charge in [0.2, 0.25) is 11.8 Å². The van der Waals surface area contributed by atoms with Crippen LogP contribution < -0.4 is 10.2 Å². The minimum atomic E-state index is -0.400. The molecule has 0 bridgehead atoms. The van der Waals surface area contributed by atoms with Gasteiger partial charge in [0.15, 0.2) is 5.82 Å². The molecular formula is C17H21FN4O2. The SMILES string of the molecule is CC(C)c1noc(C(C)Nc2ccc(F)c(N3CCCC3=O)c2)n1. The fourth-order valence-corrected chi connectivity index (χ4v) is 2.68. The van der Waals surface area contributed by atoms with Gasteiger partial charge in [0.1, 0.15) is 11.9 Å². The largest absolute Gasteiger partial charge is 0.374 e. The summed E-state index contributed by atoms with van der Waals surface area (Å²) in [6.07, 6.45) is 1.22. The molecule has 1 aromatic carbocycles. The number of halogens is 1. The lowest BCUT2D eigenvalue weighted by atomic mass is 10.2. The predicted molar refractivity (Wildman–Crippen MR) is 88.4 cm³/mol. The first-order chi connectivity index (χ1) is 11.5. The van der Waals surface area contributed by atoms with E-state index in [4.69, 9.17) is 4.52 Å². The lowest BCUT2D eigenvalue weighted by Crippen LogP contribution is -2.24. The second kappa shape index (κ2) is 6.59. The Morgan fingerprint density at radius 3 is 2.75 bits per heavy atom. The monoisotopic (exact) mass is 332 g/mol. The van der Waals surface area contributed by atoms with E-state index in [1.54, 1.807) is 12.1 Å². The van der Waals surface area contributed by atoms with Gasteiger partial charge in [-0.3, -0.25) is 4.79 Å². The number of aromatic nitrogens is 2. The molecule has 0 aliphatic carbocycles. The lowest BCUT2D eigenvalue weighted by molar-refractivity contribution is -0.117. The van der Waals surface area contributed by atoms with Crippen LogP contribution in [-0.2, 0) is 4.79 Å². The maximum atomic E-state index is 14.1. The predicted octanol–water partition coefficient (Wildman–Crippen LogP) is 3.63. The van der Waals surface area contributed by atoms with E-state index in [2.05, 4.69) is 15.5 Å². The van der Waals surface area contributed by atoms with Crippen LogP contribution in [0.2, 0.25) is 0 Å². The van der Waals surface area contributed by atoms with E-state index < -0.39 is 5.82 Å². The number of rotatable bonds is 5. The van der Waals surface area contributed by atoms with Crippen LogP contribution in [0.15, 0.2) is 22.7 Å². The number of hydrogen-bond donors (Lipinski definition) is 1. The molecule has 2 aromatic rings. The summed E-state index contributed by atoms with van der Waals surface area (Å²) >= 11 is 0. The van der Waals surface area contributed by atoms with E-state index in [-0.39, 0.29) is 17.9 Å². The fraction of sp³-hybridized carbons (Fsp3) is 0.471. The molecule has 7 heteroatoms. The van der Waals surface area contributed by atoms with E-state index in [0.717, 1.165) is 6.42 Å². The maximum Gasteiger partial charge on any atom is 0.248 e. The highest BCUT2D eigenvalue weighted by molar-refractivity contribution is 5.95. The van der Waals surface area contributed by atoms with E-state index >= 15 is 0 Å². The highest BCUT2D eigenvalue weighted by Gasteiger charge is 2.25. The van der Waals surface area contributed by atoms with Crippen molar-refractivity contribution in [3.8, 4) is 0 Å². The number of hydrogen-bond acceptors (Lipinski definition) is 5. The Bertz CT molecular complexity index is 744. The van der Waals surface area contributed by atoms with Crippen molar-refractivity contribution in [2.75, 3.05) is 16.8 Å². The molecule has 0 spiro atoms. The highest BCUT2D eigenvalue weighted by Crippen LogP contribution is 2.29. The van der Waals surface area contributed by atoms with Crippen molar-refractivity contribution in [3.63, 3.8) is 0 Å². The van der Waals surface area contributed by atoms with Crippen LogP contribution in [0.1, 0.15) is 57.3 Å². The fourth-order valence-electron chi connectivity index (χ4n) is 2.68. The summed E-state index contributed by atoms with van der Waals surface area (Å²) < 4.78 is 19.4. The van der Waals surface area contributed by atoms with E-state index in [1.807, 2.05) is 20.8 Å². The molecule has 1 atom stereocenters. The molecule has 0 saturated carbocycles. The van der Waals surface area contributed by atoms with Crippen LogP contribution in [0.3, 0.4) is 0 Å². The summed E-state index contributed by atoms with van der Waals surface area (Å²) in [5, 5.41) is 7.16. The average molecular weight is 332 g/mol. The standard InChI is InChI=1S/C17H21FN4O2/c1-10(2)16-20-17(24-21-16)11(3)19-12-6-7-13(18)14(9-12)22-8-4-5-15(22)23/h6-7,9-11,19H,4-5,8H2,1-3H3. The van der Waals surface area contributed by atoms with Gasteiger partial charge in [0.25, 0.3) is 0 Å². The molecule has 1 N–H and O–H groups in total. The number of nitrogens with one attached hydrogen (secondary N) is 1. The molecule has 1 aliphatic heterocycles. The van der Waals surface area contributed by atoms with Crippen molar-refractivity contribution in [1.82, 2.24) is 10.1 Å². The molecule has 2 heterocycles. The van der Waals surface area contributed by atoms with Crippen molar-refractivity contribution in [2.45, 2.75) is 45.6 Å². The maximum absolute atomic E-state index is 14.1. The van der Waals surface area contributed by atoms with Gasteiger partial charge in [-0.25, -0.2) is 4.39 Å². The number of carbonyl (C=O) groups excluding carboxylic acids is 1. The first kappa shape index (κ1) is 16.4. The Balaban J connectivity index is 1.78. The van der Waals surface area contributed by atoms with Crippen LogP contribution >= 0.6 is 0 Å². The van der Waals surface area contributed by atoms with Crippen molar-refractivity contribution in [3.05, 3.63) is 35.7 Å². The first-order valence-electron chi connectivity index (χ1n) is 8.15. The summed E-state index contributed by atoms with van der Waals surface area (Å²) in [5.74, 6) is 0.872. The van der Waals surface area contributed by atoms with E-state index in [1.165, 1.54) is 11.0 Å². The van der Waals surface area contributed by atoms with E-state index in [0.29, 0.717) is 36.1 Å². The summed E-state index contributed by atoms with van der Waals surface area (Å²) in [7, 11) is 0. The lowest BCUT2D eigenvalue weighted by Gasteiger charge is -2.19. The Hall–Kier alpha value is -2.44. The van der Waals surface area contributed by atoms with Gasteiger partial charge >= 0.3 is 0 Å². The molecule has 1 fully saturated rings. The molecule has 1 saturated heterocycles. The molecule has 1 aliphatic rings. The Labute approximate surface area is 140 Å². The third-order valence-corrected chi connectivity index (χ3v) is 4.04. The highest BCUT2D eigenvalue weighted by atomic mass is 19.1. The minimum Gasteiger partial charge on any atom is -0.374 e. The van der Waals surface area contributed by atoms with Crippen LogP contribution in [0.5, 0.6) is 0 Å². The quantitative estimate of drug-likeness (QED) is 0.905. The molecule has 1 aromatic heterocycles. The van der Waals surface area contributed by atoms with Gasteiger partial charge in [0, 0.05) is 24.6 Å². The second-order valence-electron chi connectivity index (χ2n) is 6.33. The Kier molecular flexibility index (Phi) is 4.51. The van der Waals surface area contributed by atoms with Crippen LogP contribution in [0.4, 0.5) is 15.8 Å². The van der Waals surface area contributed by atoms with Crippen molar-refractivity contribution in [1.29, 1.82) is 0 Å². The molecule has 6 nitrogen and oxygen atoms in total. The molecule has 128 valence electrons. The minimum absolute atomic E-state index is 0.0439. The number of amides is 1. The molecule has 24 heavy (non-hydrogen) atoms. The number of nitrogens with zero attached hydrogens (tertiary/aromatic N) is 3. The molecular weight excluding hydrogens is 311 g/mol. The Morgan fingerprint density at radius 1 is 1.33 bits per heavy atom. The second-order valence-corrected chi connectivity index (χ2v) is 6.33. The van der Waals surface area contributed by atoms with Gasteiger partial charge < -0.3 is 14.7 Å². The summed E-state index contributed by atoms with van der Waals surface area (Å²) in [6, 6.07) is 4.42. The normalized spacial score (nSPS) is 16.0. The van der Waals surface area contributed by atoms with Gasteiger partial charge in [-0.1, -0.05) is 19.0 Å². The number of benzene rings is 1. The smallest absolute Gasteiger partial charge is 0.248 e. The molecule has 0 radical (unpaired) electrons. The van der Waals surface area contributed by atoms with Crippen LogP contribution in [-0.4, -0.2) is 22.6 Å². The van der Waals surface area contributed by atoms with Crippen molar-refractivity contribution >= 4 is 17.3 Å². The summed E-state index contributed by atoms with van der Waals surface area (Å²) in [5.41, 5.74) is 1.01. The molecule has 1 amide bonds. The average Bonchev–Trinajstić information content (AvgIpc) is 3.18. The van der Waals surface area contributed by atoms with Crippen molar-refractivity contribution < 1.29 is 13.7 Å². The van der Waals surface area contributed by atoms with Gasteiger partial charge in [-0.15, -0.1) is 0 Å². The van der Waals surface area contributed by atoms with Crippen LogP contribution in [0.25, 0.3) is 0 Å². The summed E-state index contributed by atoms with van der Waals surface area (Å²) in [4.78, 5) is 17.7. The Morgan fingerprint density at radius 2 is 2.12 bits per heavy atom. The zero-order chi connectivity index (χ0) is 17.3. The van der Waals surface area contributed by atoms with Crippen molar-refractivity contribution in [2.24, 2.45) is 0 Å². The zero-order valence-electron chi connectivity index (χ0n) is 14.0. The first-order valence-corrected chi connectivity index (χ1v) is 8.15. The van der Waals surface area contributed by atoms with Gasteiger partial charge in [0.05, 0.1) is 5.69 Å².